The Kier molecular flexibility index (Phi) is 3.36. The van der Waals surface area contributed by atoms with Crippen LogP contribution in [-0.2, 0) is 9.84 Å². The molecule has 0 saturated heterocycles. The lowest BCUT2D eigenvalue weighted by Gasteiger charge is -2.05. The Bertz CT molecular complexity index is 430. The molecule has 1 aromatic carbocycles. The number of anilines is 1. The van der Waals surface area contributed by atoms with Crippen molar-refractivity contribution in [1.82, 2.24) is 0 Å². The number of sulfone groups is 1. The summed E-state index contributed by atoms with van der Waals surface area (Å²) >= 11 is 5.71. The standard InChI is InChI=1S/C8H10ClNO3S/c9-7-5-6(10)1-2-8(7)14(12,13)4-3-11/h1-2,5,11H,3-4,10H2. The van der Waals surface area contributed by atoms with E-state index in [2.05, 4.69) is 0 Å². The van der Waals surface area contributed by atoms with Gasteiger partial charge in [-0.05, 0) is 18.2 Å². The molecular weight excluding hydrogens is 226 g/mol. The van der Waals surface area contributed by atoms with E-state index < -0.39 is 16.4 Å². The summed E-state index contributed by atoms with van der Waals surface area (Å²) < 4.78 is 23.0. The quantitative estimate of drug-likeness (QED) is 0.756. The lowest BCUT2D eigenvalue weighted by Crippen LogP contribution is -2.10. The minimum absolute atomic E-state index is 0.00224. The molecule has 6 heteroatoms. The van der Waals surface area contributed by atoms with Gasteiger partial charge in [0.05, 0.1) is 22.3 Å². The molecule has 0 saturated carbocycles. The van der Waals surface area contributed by atoms with E-state index in [0.717, 1.165) is 0 Å². The van der Waals surface area contributed by atoms with Crippen molar-refractivity contribution in [2.45, 2.75) is 4.90 Å². The molecule has 0 spiro atoms. The van der Waals surface area contributed by atoms with Crippen LogP contribution in [-0.4, -0.2) is 25.9 Å². The summed E-state index contributed by atoms with van der Waals surface area (Å²) in [6.45, 7) is -0.428. The topological polar surface area (TPSA) is 80.4 Å². The first-order valence-corrected chi connectivity index (χ1v) is 5.89. The van der Waals surface area contributed by atoms with E-state index in [1.54, 1.807) is 0 Å². The van der Waals surface area contributed by atoms with Gasteiger partial charge in [0.2, 0.25) is 0 Å². The molecule has 4 nitrogen and oxygen atoms in total. The summed E-state index contributed by atoms with van der Waals surface area (Å²) in [7, 11) is -3.50. The number of nitrogen functional groups attached to an aromatic ring is 1. The molecule has 0 radical (unpaired) electrons. The number of benzene rings is 1. The van der Waals surface area contributed by atoms with Gasteiger partial charge in [-0.2, -0.15) is 0 Å². The van der Waals surface area contributed by atoms with Gasteiger partial charge in [-0.3, -0.25) is 0 Å². The van der Waals surface area contributed by atoms with Crippen LogP contribution in [0.25, 0.3) is 0 Å². The van der Waals surface area contributed by atoms with E-state index in [9.17, 15) is 8.42 Å². The zero-order chi connectivity index (χ0) is 10.8. The van der Waals surface area contributed by atoms with Crippen LogP contribution in [0.3, 0.4) is 0 Å². The third-order valence-corrected chi connectivity index (χ3v) is 3.82. The monoisotopic (exact) mass is 235 g/mol. The molecule has 0 atom stereocenters. The lowest BCUT2D eigenvalue weighted by atomic mass is 10.3. The fourth-order valence-electron chi connectivity index (χ4n) is 0.999. The highest BCUT2D eigenvalue weighted by molar-refractivity contribution is 7.91. The Hall–Kier alpha value is -0.780. The summed E-state index contributed by atoms with van der Waals surface area (Å²) in [5.41, 5.74) is 5.82. The molecular formula is C8H10ClNO3S. The minimum atomic E-state index is -3.50. The van der Waals surface area contributed by atoms with E-state index >= 15 is 0 Å². The second-order valence-electron chi connectivity index (χ2n) is 2.73. The van der Waals surface area contributed by atoms with Crippen molar-refractivity contribution in [3.05, 3.63) is 23.2 Å². The average Bonchev–Trinajstić information content (AvgIpc) is 2.02. The summed E-state index contributed by atoms with van der Waals surface area (Å²) in [4.78, 5) is 0.00224. The number of aliphatic hydroxyl groups excluding tert-OH is 1. The predicted molar refractivity (Wildman–Crippen MR) is 55.0 cm³/mol. The number of hydrogen-bond donors (Lipinski definition) is 2. The molecule has 0 aromatic heterocycles. The Morgan fingerprint density at radius 3 is 2.57 bits per heavy atom. The van der Waals surface area contributed by atoms with Crippen LogP contribution in [0.4, 0.5) is 5.69 Å². The average molecular weight is 236 g/mol. The molecule has 0 heterocycles. The minimum Gasteiger partial charge on any atom is -0.399 e. The fourth-order valence-corrected chi connectivity index (χ4v) is 2.63. The smallest absolute Gasteiger partial charge is 0.182 e. The molecule has 1 rings (SSSR count). The summed E-state index contributed by atoms with van der Waals surface area (Å²) in [6, 6.07) is 4.16. The SMILES string of the molecule is Nc1ccc(S(=O)(=O)CCO)c(Cl)c1. The third-order valence-electron chi connectivity index (χ3n) is 1.65. The van der Waals surface area contributed by atoms with Gasteiger partial charge in [0.25, 0.3) is 0 Å². The number of rotatable bonds is 3. The first-order valence-electron chi connectivity index (χ1n) is 3.86. The maximum Gasteiger partial charge on any atom is 0.182 e. The van der Waals surface area contributed by atoms with Gasteiger partial charge in [-0.15, -0.1) is 0 Å². The Morgan fingerprint density at radius 2 is 2.07 bits per heavy atom. The Balaban J connectivity index is 3.20. The summed E-state index contributed by atoms with van der Waals surface area (Å²) in [6.07, 6.45) is 0. The number of hydrogen-bond acceptors (Lipinski definition) is 4. The van der Waals surface area contributed by atoms with Crippen LogP contribution in [0.2, 0.25) is 5.02 Å². The van der Waals surface area contributed by atoms with Gasteiger partial charge in [-0.25, -0.2) is 8.42 Å². The van der Waals surface area contributed by atoms with E-state index in [-0.39, 0.29) is 15.7 Å². The molecule has 0 aliphatic heterocycles. The van der Waals surface area contributed by atoms with Crippen molar-refractivity contribution in [2.75, 3.05) is 18.1 Å². The van der Waals surface area contributed by atoms with Crippen molar-refractivity contribution < 1.29 is 13.5 Å². The maximum atomic E-state index is 11.5. The molecule has 14 heavy (non-hydrogen) atoms. The summed E-state index contributed by atoms with van der Waals surface area (Å²) in [5, 5.41) is 8.64. The molecule has 3 N–H and O–H groups in total. The Labute approximate surface area is 87.2 Å². The third kappa shape index (κ3) is 2.37. The molecule has 0 aliphatic rings. The van der Waals surface area contributed by atoms with Crippen molar-refractivity contribution in [1.29, 1.82) is 0 Å². The highest BCUT2D eigenvalue weighted by Crippen LogP contribution is 2.24. The van der Waals surface area contributed by atoms with E-state index in [4.69, 9.17) is 22.4 Å². The number of halogens is 1. The van der Waals surface area contributed by atoms with Gasteiger partial charge >= 0.3 is 0 Å². The molecule has 0 fully saturated rings. The fraction of sp³-hybridized carbons (Fsp3) is 0.250. The van der Waals surface area contributed by atoms with Gasteiger partial charge < -0.3 is 10.8 Å². The highest BCUT2D eigenvalue weighted by atomic mass is 35.5. The van der Waals surface area contributed by atoms with Crippen molar-refractivity contribution in [3.8, 4) is 0 Å². The summed E-state index contributed by atoms with van der Waals surface area (Å²) in [5.74, 6) is -0.337. The van der Waals surface area contributed by atoms with Crippen LogP contribution in [0.5, 0.6) is 0 Å². The molecule has 0 unspecified atom stereocenters. The molecule has 0 bridgehead atoms. The lowest BCUT2D eigenvalue weighted by molar-refractivity contribution is 0.319. The van der Waals surface area contributed by atoms with E-state index in [1.165, 1.54) is 18.2 Å². The second-order valence-corrected chi connectivity index (χ2v) is 5.22. The highest BCUT2D eigenvalue weighted by Gasteiger charge is 2.17. The predicted octanol–water partition coefficient (Wildman–Crippen LogP) is 0.688. The van der Waals surface area contributed by atoms with Crippen LogP contribution in [0, 0.1) is 0 Å². The first-order chi connectivity index (χ1) is 6.47. The largest absolute Gasteiger partial charge is 0.399 e. The van der Waals surface area contributed by atoms with Crippen LogP contribution < -0.4 is 5.73 Å². The van der Waals surface area contributed by atoms with Crippen LogP contribution >= 0.6 is 11.6 Å². The van der Waals surface area contributed by atoms with Gasteiger partial charge in [-0.1, -0.05) is 11.6 Å². The van der Waals surface area contributed by atoms with Gasteiger partial charge in [0.15, 0.2) is 9.84 Å². The van der Waals surface area contributed by atoms with E-state index in [0.29, 0.717) is 5.69 Å². The van der Waals surface area contributed by atoms with Crippen LogP contribution in [0.15, 0.2) is 23.1 Å². The van der Waals surface area contributed by atoms with Gasteiger partial charge in [0.1, 0.15) is 0 Å². The van der Waals surface area contributed by atoms with Gasteiger partial charge in [0, 0.05) is 5.69 Å². The molecule has 0 aliphatic carbocycles. The number of nitrogens with two attached hydrogens (primary N) is 1. The Morgan fingerprint density at radius 1 is 1.43 bits per heavy atom. The van der Waals surface area contributed by atoms with E-state index in [1.807, 2.05) is 0 Å². The zero-order valence-corrected chi connectivity index (χ0v) is 8.85. The van der Waals surface area contributed by atoms with Crippen molar-refractivity contribution >= 4 is 27.1 Å². The van der Waals surface area contributed by atoms with Crippen LogP contribution in [0.1, 0.15) is 0 Å². The van der Waals surface area contributed by atoms with Crippen molar-refractivity contribution in [2.24, 2.45) is 0 Å². The molecule has 78 valence electrons. The molecule has 0 amide bonds. The zero-order valence-electron chi connectivity index (χ0n) is 7.27. The molecule has 1 aromatic rings. The first kappa shape index (κ1) is 11.3. The maximum absolute atomic E-state index is 11.5. The van der Waals surface area contributed by atoms with Crippen molar-refractivity contribution in [3.63, 3.8) is 0 Å². The second kappa shape index (κ2) is 4.16. The normalized spacial score (nSPS) is 11.6. The number of aliphatic hydroxyl groups is 1.